The van der Waals surface area contributed by atoms with Crippen LogP contribution in [0.4, 0.5) is 5.82 Å². The van der Waals surface area contributed by atoms with Gasteiger partial charge in [0.1, 0.15) is 11.5 Å². The molecule has 0 saturated carbocycles. The van der Waals surface area contributed by atoms with Crippen molar-refractivity contribution in [1.29, 1.82) is 0 Å². The summed E-state index contributed by atoms with van der Waals surface area (Å²) in [6.45, 7) is 8.59. The van der Waals surface area contributed by atoms with Crippen LogP contribution in [-0.2, 0) is 0 Å². The highest BCUT2D eigenvalue weighted by Crippen LogP contribution is 2.21. The SMILES string of the molecule is CC(C)N1CCN(c2cncc(-c3nc4ccccc4[nH]3)n2)CC1. The van der Waals surface area contributed by atoms with Gasteiger partial charge in [0.05, 0.1) is 23.4 Å². The lowest BCUT2D eigenvalue weighted by Gasteiger charge is -2.37. The van der Waals surface area contributed by atoms with E-state index in [1.54, 1.807) is 6.20 Å². The van der Waals surface area contributed by atoms with Gasteiger partial charge in [0, 0.05) is 32.2 Å². The number of aromatic nitrogens is 4. The van der Waals surface area contributed by atoms with Crippen LogP contribution in [0.3, 0.4) is 0 Å². The van der Waals surface area contributed by atoms with Crippen LogP contribution in [0.1, 0.15) is 13.8 Å². The van der Waals surface area contributed by atoms with E-state index in [9.17, 15) is 0 Å². The van der Waals surface area contributed by atoms with Crippen LogP contribution in [0.5, 0.6) is 0 Å². The molecule has 2 aromatic heterocycles. The van der Waals surface area contributed by atoms with E-state index in [2.05, 4.69) is 38.6 Å². The summed E-state index contributed by atoms with van der Waals surface area (Å²) in [5.41, 5.74) is 2.76. The Morgan fingerprint density at radius 3 is 2.54 bits per heavy atom. The van der Waals surface area contributed by atoms with Crippen molar-refractivity contribution < 1.29 is 0 Å². The van der Waals surface area contributed by atoms with Gasteiger partial charge < -0.3 is 9.88 Å². The van der Waals surface area contributed by atoms with Crippen molar-refractivity contribution in [2.24, 2.45) is 0 Å². The maximum absolute atomic E-state index is 4.78. The zero-order valence-corrected chi connectivity index (χ0v) is 14.1. The molecule has 0 bridgehead atoms. The van der Waals surface area contributed by atoms with E-state index in [0.29, 0.717) is 6.04 Å². The number of fused-ring (bicyclic) bond motifs is 1. The van der Waals surface area contributed by atoms with E-state index in [1.807, 2.05) is 30.5 Å². The smallest absolute Gasteiger partial charge is 0.158 e. The lowest BCUT2D eigenvalue weighted by molar-refractivity contribution is 0.209. The normalized spacial score (nSPS) is 16.2. The first-order valence-electron chi connectivity index (χ1n) is 8.47. The topological polar surface area (TPSA) is 60.9 Å². The van der Waals surface area contributed by atoms with Crippen LogP contribution in [-0.4, -0.2) is 57.1 Å². The first-order chi connectivity index (χ1) is 11.7. The van der Waals surface area contributed by atoms with Crippen molar-refractivity contribution >= 4 is 16.9 Å². The number of hydrogen-bond acceptors (Lipinski definition) is 5. The van der Waals surface area contributed by atoms with E-state index in [1.165, 1.54) is 0 Å². The van der Waals surface area contributed by atoms with Gasteiger partial charge in [-0.25, -0.2) is 9.97 Å². The van der Waals surface area contributed by atoms with E-state index in [0.717, 1.165) is 54.5 Å². The molecule has 3 heterocycles. The second-order valence-electron chi connectivity index (χ2n) is 6.48. The van der Waals surface area contributed by atoms with Crippen molar-refractivity contribution in [2.75, 3.05) is 31.1 Å². The van der Waals surface area contributed by atoms with Crippen molar-refractivity contribution in [3.8, 4) is 11.5 Å². The molecule has 0 radical (unpaired) electrons. The van der Waals surface area contributed by atoms with Crippen molar-refractivity contribution in [3.05, 3.63) is 36.7 Å². The predicted octanol–water partition coefficient (Wildman–Crippen LogP) is 2.55. The third kappa shape index (κ3) is 2.85. The number of para-hydroxylation sites is 2. The highest BCUT2D eigenvalue weighted by atomic mass is 15.3. The fourth-order valence-electron chi connectivity index (χ4n) is 3.16. The molecule has 6 heteroatoms. The van der Waals surface area contributed by atoms with E-state index in [4.69, 9.17) is 4.98 Å². The fourth-order valence-corrected chi connectivity index (χ4v) is 3.16. The van der Waals surface area contributed by atoms with Gasteiger partial charge in [0.2, 0.25) is 0 Å². The van der Waals surface area contributed by atoms with E-state index in [-0.39, 0.29) is 0 Å². The number of anilines is 1. The molecule has 0 spiro atoms. The highest BCUT2D eigenvalue weighted by molar-refractivity contribution is 5.78. The molecular weight excluding hydrogens is 300 g/mol. The quantitative estimate of drug-likeness (QED) is 0.803. The standard InChI is InChI=1S/C18H22N6/c1-13(2)23-7-9-24(10-8-23)17-12-19-11-16(20-17)18-21-14-5-3-4-6-15(14)22-18/h3-6,11-13H,7-10H2,1-2H3,(H,21,22). The molecule has 0 unspecified atom stereocenters. The molecule has 1 aliphatic rings. The average Bonchev–Trinajstić information content (AvgIpc) is 3.06. The number of aromatic amines is 1. The molecule has 1 saturated heterocycles. The molecule has 1 fully saturated rings. The third-order valence-electron chi connectivity index (χ3n) is 4.62. The Balaban J connectivity index is 1.58. The molecule has 3 aromatic rings. The zero-order valence-electron chi connectivity index (χ0n) is 14.1. The van der Waals surface area contributed by atoms with Crippen LogP contribution in [0.2, 0.25) is 0 Å². The second kappa shape index (κ2) is 6.20. The summed E-state index contributed by atoms with van der Waals surface area (Å²) in [6.07, 6.45) is 3.61. The number of nitrogens with one attached hydrogen (secondary N) is 1. The minimum absolute atomic E-state index is 0.597. The molecule has 1 N–H and O–H groups in total. The van der Waals surface area contributed by atoms with Crippen LogP contribution in [0.15, 0.2) is 36.7 Å². The van der Waals surface area contributed by atoms with E-state index < -0.39 is 0 Å². The van der Waals surface area contributed by atoms with E-state index >= 15 is 0 Å². The van der Waals surface area contributed by atoms with Gasteiger partial charge in [-0.15, -0.1) is 0 Å². The molecule has 6 nitrogen and oxygen atoms in total. The van der Waals surface area contributed by atoms with Crippen molar-refractivity contribution in [2.45, 2.75) is 19.9 Å². The summed E-state index contributed by atoms with van der Waals surface area (Å²) in [7, 11) is 0. The highest BCUT2D eigenvalue weighted by Gasteiger charge is 2.20. The van der Waals surface area contributed by atoms with Crippen molar-refractivity contribution in [1.82, 2.24) is 24.8 Å². The fraction of sp³-hybridized carbons (Fsp3) is 0.389. The number of benzene rings is 1. The van der Waals surface area contributed by atoms with Crippen LogP contribution >= 0.6 is 0 Å². The molecule has 0 aliphatic carbocycles. The monoisotopic (exact) mass is 322 g/mol. The Labute approximate surface area is 141 Å². The first kappa shape index (κ1) is 15.1. The second-order valence-corrected chi connectivity index (χ2v) is 6.48. The Hall–Kier alpha value is -2.47. The maximum Gasteiger partial charge on any atom is 0.158 e. The number of nitrogens with zero attached hydrogens (tertiary/aromatic N) is 5. The minimum Gasteiger partial charge on any atom is -0.353 e. The Kier molecular flexibility index (Phi) is 3.90. The Morgan fingerprint density at radius 2 is 1.79 bits per heavy atom. The van der Waals surface area contributed by atoms with Gasteiger partial charge in [-0.3, -0.25) is 9.88 Å². The van der Waals surface area contributed by atoms with Gasteiger partial charge in [0.15, 0.2) is 5.82 Å². The summed E-state index contributed by atoms with van der Waals surface area (Å²) in [6, 6.07) is 8.61. The number of H-pyrrole nitrogens is 1. The molecule has 124 valence electrons. The molecule has 1 aliphatic heterocycles. The molecular formula is C18H22N6. The Morgan fingerprint density at radius 1 is 1.00 bits per heavy atom. The maximum atomic E-state index is 4.78. The summed E-state index contributed by atoms with van der Waals surface area (Å²) in [5.74, 6) is 1.70. The number of imidazole rings is 1. The van der Waals surface area contributed by atoms with Gasteiger partial charge in [0.25, 0.3) is 0 Å². The third-order valence-corrected chi connectivity index (χ3v) is 4.62. The van der Waals surface area contributed by atoms with Gasteiger partial charge >= 0.3 is 0 Å². The molecule has 0 atom stereocenters. The van der Waals surface area contributed by atoms with Crippen LogP contribution < -0.4 is 4.90 Å². The molecule has 1 aromatic carbocycles. The van der Waals surface area contributed by atoms with Crippen LogP contribution in [0.25, 0.3) is 22.6 Å². The minimum atomic E-state index is 0.597. The average molecular weight is 322 g/mol. The molecule has 0 amide bonds. The van der Waals surface area contributed by atoms with Gasteiger partial charge in [-0.2, -0.15) is 0 Å². The van der Waals surface area contributed by atoms with Crippen LogP contribution in [0, 0.1) is 0 Å². The largest absolute Gasteiger partial charge is 0.353 e. The van der Waals surface area contributed by atoms with Gasteiger partial charge in [-0.1, -0.05) is 12.1 Å². The predicted molar refractivity (Wildman–Crippen MR) is 96.0 cm³/mol. The number of piperazine rings is 1. The lowest BCUT2D eigenvalue weighted by atomic mass is 10.2. The van der Waals surface area contributed by atoms with Crippen molar-refractivity contribution in [3.63, 3.8) is 0 Å². The molecule has 24 heavy (non-hydrogen) atoms. The number of rotatable bonds is 3. The summed E-state index contributed by atoms with van der Waals surface area (Å²) in [4.78, 5) is 21.9. The zero-order chi connectivity index (χ0) is 16.5. The van der Waals surface area contributed by atoms with Gasteiger partial charge in [-0.05, 0) is 26.0 Å². The molecule has 4 rings (SSSR count). The summed E-state index contributed by atoms with van der Waals surface area (Å²) in [5, 5.41) is 0. The Bertz CT molecular complexity index is 799. The summed E-state index contributed by atoms with van der Waals surface area (Å²) < 4.78 is 0. The lowest BCUT2D eigenvalue weighted by Crippen LogP contribution is -2.49. The number of hydrogen-bond donors (Lipinski definition) is 1. The summed E-state index contributed by atoms with van der Waals surface area (Å²) >= 11 is 0. The first-order valence-corrected chi connectivity index (χ1v) is 8.47.